The van der Waals surface area contributed by atoms with Crippen molar-refractivity contribution < 1.29 is 17.9 Å². The summed E-state index contributed by atoms with van der Waals surface area (Å²) in [6.07, 6.45) is 10.1. The number of rotatable bonds is 0. The lowest BCUT2D eigenvalue weighted by Gasteiger charge is -2.13. The number of carbonyl (C=O) groups excluding carboxylic acids is 1. The number of nitrogens with one attached hydrogen (secondary N) is 1. The predicted octanol–water partition coefficient (Wildman–Crippen LogP) is 3.03. The SMILES string of the molecule is O=C1NS(=O)(=O)c2ccccc2OCCCCCC/C=C\[C@@H]2C[C@H]12. The Morgan fingerprint density at radius 1 is 1.08 bits per heavy atom. The van der Waals surface area contributed by atoms with Crippen LogP contribution in [0.2, 0.25) is 0 Å². The van der Waals surface area contributed by atoms with Crippen molar-refractivity contribution >= 4 is 15.9 Å². The number of hydrogen-bond donors (Lipinski definition) is 1. The summed E-state index contributed by atoms with van der Waals surface area (Å²) >= 11 is 0. The molecule has 1 heterocycles. The van der Waals surface area contributed by atoms with Crippen LogP contribution in [0.4, 0.5) is 0 Å². The van der Waals surface area contributed by atoms with Gasteiger partial charge in [-0.1, -0.05) is 37.1 Å². The van der Waals surface area contributed by atoms with Gasteiger partial charge >= 0.3 is 0 Å². The van der Waals surface area contributed by atoms with Gasteiger partial charge in [0.1, 0.15) is 10.6 Å². The third kappa shape index (κ3) is 4.17. The Balaban J connectivity index is 1.81. The number of benzene rings is 1. The van der Waals surface area contributed by atoms with Crippen LogP contribution in [0.3, 0.4) is 0 Å². The van der Waals surface area contributed by atoms with Gasteiger partial charge in [-0.3, -0.25) is 4.79 Å². The van der Waals surface area contributed by atoms with Crippen LogP contribution in [-0.2, 0) is 14.8 Å². The number of ether oxygens (including phenoxy) is 1. The van der Waals surface area contributed by atoms with Crippen LogP contribution in [0, 0.1) is 11.8 Å². The summed E-state index contributed by atoms with van der Waals surface area (Å²) in [7, 11) is -3.91. The van der Waals surface area contributed by atoms with Crippen LogP contribution in [0.15, 0.2) is 41.3 Å². The second kappa shape index (κ2) is 7.38. The Kier molecular flexibility index (Phi) is 5.23. The first-order chi connectivity index (χ1) is 11.6. The first kappa shape index (κ1) is 17.0. The summed E-state index contributed by atoms with van der Waals surface area (Å²) in [5, 5.41) is 0. The fourth-order valence-electron chi connectivity index (χ4n) is 2.95. The van der Waals surface area contributed by atoms with E-state index in [0.29, 0.717) is 12.4 Å². The molecule has 1 fully saturated rings. The van der Waals surface area contributed by atoms with E-state index in [-0.39, 0.29) is 16.7 Å². The Morgan fingerprint density at radius 2 is 1.88 bits per heavy atom. The van der Waals surface area contributed by atoms with Crippen LogP contribution >= 0.6 is 0 Å². The van der Waals surface area contributed by atoms with Crippen molar-refractivity contribution in [2.75, 3.05) is 6.61 Å². The maximum atomic E-state index is 12.5. The highest BCUT2D eigenvalue weighted by molar-refractivity contribution is 7.90. The molecular weight excluding hydrogens is 326 g/mol. The molecule has 0 aromatic heterocycles. The van der Waals surface area contributed by atoms with E-state index < -0.39 is 15.9 Å². The van der Waals surface area contributed by atoms with E-state index >= 15 is 0 Å². The van der Waals surface area contributed by atoms with Gasteiger partial charge in [-0.2, -0.15) is 0 Å². The van der Waals surface area contributed by atoms with Crippen LogP contribution in [0.25, 0.3) is 0 Å². The Morgan fingerprint density at radius 3 is 2.75 bits per heavy atom. The van der Waals surface area contributed by atoms with Crippen LogP contribution in [-0.4, -0.2) is 20.9 Å². The van der Waals surface area contributed by atoms with Gasteiger partial charge in [0.2, 0.25) is 5.91 Å². The van der Waals surface area contributed by atoms with Gasteiger partial charge in [-0.15, -0.1) is 0 Å². The molecule has 1 saturated carbocycles. The maximum absolute atomic E-state index is 12.5. The Labute approximate surface area is 143 Å². The van der Waals surface area contributed by atoms with E-state index in [1.807, 2.05) is 0 Å². The van der Waals surface area contributed by atoms with Gasteiger partial charge in [0.05, 0.1) is 6.61 Å². The Hall–Kier alpha value is -1.82. The van der Waals surface area contributed by atoms with Crippen molar-refractivity contribution in [3.05, 3.63) is 36.4 Å². The normalized spacial score (nSPS) is 28.6. The van der Waals surface area contributed by atoms with E-state index in [1.165, 1.54) is 6.07 Å². The van der Waals surface area contributed by atoms with Crippen molar-refractivity contribution in [1.82, 2.24) is 4.72 Å². The highest BCUT2D eigenvalue weighted by Crippen LogP contribution is 2.40. The number of carbonyl (C=O) groups is 1. The largest absolute Gasteiger partial charge is 0.492 e. The number of para-hydroxylation sites is 1. The minimum absolute atomic E-state index is 0.0261. The highest BCUT2D eigenvalue weighted by atomic mass is 32.2. The van der Waals surface area contributed by atoms with E-state index in [2.05, 4.69) is 16.9 Å². The minimum Gasteiger partial charge on any atom is -0.492 e. The first-order valence-electron chi connectivity index (χ1n) is 8.53. The molecular formula is C18H23NO4S. The monoisotopic (exact) mass is 349 g/mol. The van der Waals surface area contributed by atoms with Crippen molar-refractivity contribution in [1.29, 1.82) is 0 Å². The van der Waals surface area contributed by atoms with Crippen LogP contribution in [0.5, 0.6) is 5.75 Å². The lowest BCUT2D eigenvalue weighted by atomic mass is 10.1. The average molecular weight is 349 g/mol. The number of hydrogen-bond acceptors (Lipinski definition) is 4. The molecule has 0 spiro atoms. The number of fused-ring (bicyclic) bond motifs is 2. The van der Waals surface area contributed by atoms with Crippen LogP contribution in [0.1, 0.15) is 38.5 Å². The van der Waals surface area contributed by atoms with Gasteiger partial charge in [-0.05, 0) is 43.7 Å². The average Bonchev–Trinajstić information content (AvgIpc) is 3.32. The van der Waals surface area contributed by atoms with E-state index in [0.717, 1.165) is 38.5 Å². The van der Waals surface area contributed by atoms with Gasteiger partial charge in [0, 0.05) is 5.92 Å². The minimum atomic E-state index is -3.91. The summed E-state index contributed by atoms with van der Waals surface area (Å²) in [5.41, 5.74) is 0. The number of sulfonamides is 1. The van der Waals surface area contributed by atoms with Gasteiger partial charge < -0.3 is 4.74 Å². The molecule has 1 amide bonds. The third-order valence-corrected chi connectivity index (χ3v) is 5.84. The summed E-state index contributed by atoms with van der Waals surface area (Å²) in [6, 6.07) is 6.46. The molecule has 2 atom stereocenters. The van der Waals surface area contributed by atoms with Crippen molar-refractivity contribution in [2.24, 2.45) is 11.8 Å². The molecule has 3 rings (SSSR count). The van der Waals surface area contributed by atoms with Crippen LogP contribution < -0.4 is 9.46 Å². The third-order valence-electron chi connectivity index (χ3n) is 4.46. The zero-order chi connectivity index (χ0) is 17.0. The summed E-state index contributed by atoms with van der Waals surface area (Å²) in [6.45, 7) is 0.473. The lowest BCUT2D eigenvalue weighted by Crippen LogP contribution is -2.32. The molecule has 130 valence electrons. The molecule has 24 heavy (non-hydrogen) atoms. The molecule has 1 aromatic rings. The molecule has 1 aromatic carbocycles. The first-order valence-corrected chi connectivity index (χ1v) is 10.0. The molecule has 1 aliphatic heterocycles. The highest BCUT2D eigenvalue weighted by Gasteiger charge is 2.42. The summed E-state index contributed by atoms with van der Waals surface area (Å²) < 4.78 is 32.9. The predicted molar refractivity (Wildman–Crippen MR) is 91.1 cm³/mol. The van der Waals surface area contributed by atoms with E-state index in [4.69, 9.17) is 4.74 Å². The number of allylic oxidation sites excluding steroid dienone is 2. The molecule has 1 aliphatic carbocycles. The zero-order valence-electron chi connectivity index (χ0n) is 13.6. The Bertz CT molecular complexity index is 726. The fraction of sp³-hybridized carbons (Fsp3) is 0.500. The molecule has 1 N–H and O–H groups in total. The van der Waals surface area contributed by atoms with Crippen molar-refractivity contribution in [3.8, 4) is 5.75 Å². The zero-order valence-corrected chi connectivity index (χ0v) is 14.4. The van der Waals surface area contributed by atoms with E-state index in [9.17, 15) is 13.2 Å². The fourth-order valence-corrected chi connectivity index (χ4v) is 4.13. The second-order valence-corrected chi connectivity index (χ2v) is 8.05. The molecule has 0 bridgehead atoms. The second-order valence-electron chi connectivity index (χ2n) is 6.40. The van der Waals surface area contributed by atoms with Crippen molar-refractivity contribution in [2.45, 2.75) is 43.4 Å². The molecule has 6 heteroatoms. The van der Waals surface area contributed by atoms with Gasteiger partial charge in [0.15, 0.2) is 0 Å². The lowest BCUT2D eigenvalue weighted by molar-refractivity contribution is -0.120. The molecule has 0 saturated heterocycles. The molecule has 2 aliphatic rings. The molecule has 0 radical (unpaired) electrons. The topological polar surface area (TPSA) is 72.5 Å². The van der Waals surface area contributed by atoms with Gasteiger partial charge in [-0.25, -0.2) is 13.1 Å². The molecule has 0 unspecified atom stereocenters. The quantitative estimate of drug-likeness (QED) is 0.731. The maximum Gasteiger partial charge on any atom is 0.267 e. The van der Waals surface area contributed by atoms with Crippen molar-refractivity contribution in [3.63, 3.8) is 0 Å². The smallest absolute Gasteiger partial charge is 0.267 e. The molecule has 5 nitrogen and oxygen atoms in total. The standard InChI is InChI=1S/C18H23NO4S/c20-18-15-13-14(15)9-5-3-1-2-4-8-12-23-16-10-6-7-11-17(16)24(21,22)19-18/h5-7,9-11,14-15H,1-4,8,12-13H2,(H,19,20)/b9-5-/t14-,15+/m1/s1. The van der Waals surface area contributed by atoms with E-state index in [1.54, 1.807) is 18.2 Å². The summed E-state index contributed by atoms with van der Waals surface area (Å²) in [5.74, 6) is -0.194. The van der Waals surface area contributed by atoms with Gasteiger partial charge in [0.25, 0.3) is 10.0 Å². The number of amides is 1. The summed E-state index contributed by atoms with van der Waals surface area (Å²) in [4.78, 5) is 12.2.